The van der Waals surface area contributed by atoms with Crippen LogP contribution >= 0.6 is 0 Å². The van der Waals surface area contributed by atoms with E-state index in [2.05, 4.69) is 15.2 Å². The summed E-state index contributed by atoms with van der Waals surface area (Å²) in [5.41, 5.74) is -1.56. The summed E-state index contributed by atoms with van der Waals surface area (Å²) >= 11 is 0. The van der Waals surface area contributed by atoms with Crippen LogP contribution in [0.15, 0.2) is 71.5 Å². The monoisotopic (exact) mass is 610 g/mol. The fraction of sp³-hybridized carbons (Fsp3) is 0.310. The molecule has 5 rings (SSSR count). The lowest BCUT2D eigenvalue weighted by atomic mass is 9.98. The van der Waals surface area contributed by atoms with Gasteiger partial charge in [0.15, 0.2) is 6.29 Å². The number of benzene rings is 3. The van der Waals surface area contributed by atoms with Crippen molar-refractivity contribution in [3.05, 3.63) is 111 Å². The molecule has 4 aromatic rings. The number of aromatic nitrogens is 3. The van der Waals surface area contributed by atoms with Crippen LogP contribution in [-0.4, -0.2) is 39.5 Å². The van der Waals surface area contributed by atoms with Crippen LogP contribution in [0.2, 0.25) is 0 Å². The molecule has 0 unspecified atom stereocenters. The van der Waals surface area contributed by atoms with Gasteiger partial charge in [-0.3, -0.25) is 9.88 Å². The molecule has 2 heterocycles. The predicted molar refractivity (Wildman–Crippen MR) is 140 cm³/mol. The first-order valence-electron chi connectivity index (χ1n) is 13.1. The van der Waals surface area contributed by atoms with Crippen LogP contribution in [0.3, 0.4) is 0 Å². The van der Waals surface area contributed by atoms with Crippen molar-refractivity contribution in [2.24, 2.45) is 0 Å². The van der Waals surface area contributed by atoms with Gasteiger partial charge in [0.25, 0.3) is 0 Å². The van der Waals surface area contributed by atoms with Gasteiger partial charge in [-0.1, -0.05) is 36.4 Å². The molecule has 1 aliphatic heterocycles. The SMILES string of the molecule is C[C@@H](O[C@@H]1OCCN(Cc2n[nH]c(=O)[nH]2)[C@@H]1c1ccc(-c2ccc(F)cc2)cc1)c1cc(C(F)(F)F)cc(C(F)(F)F)c1. The summed E-state index contributed by atoms with van der Waals surface area (Å²) in [7, 11) is 0. The molecule has 7 nitrogen and oxygen atoms in total. The van der Waals surface area contributed by atoms with Gasteiger partial charge >= 0.3 is 18.0 Å². The van der Waals surface area contributed by atoms with Crippen molar-refractivity contribution in [1.82, 2.24) is 20.1 Å². The molecule has 0 aliphatic carbocycles. The molecule has 1 aliphatic rings. The zero-order chi connectivity index (χ0) is 30.9. The highest BCUT2D eigenvalue weighted by Gasteiger charge is 2.39. The van der Waals surface area contributed by atoms with Gasteiger partial charge in [0.2, 0.25) is 0 Å². The maximum absolute atomic E-state index is 13.5. The standard InChI is InChI=1S/C29H25F7N4O3/c1-16(20-12-21(28(31,32)33)14-22(13-20)29(34,35)36)43-26-25(40(10-11-42-26)15-24-37-27(41)39-38-24)19-4-2-17(3-5-19)18-6-8-23(30)9-7-18/h2-9,12-14,16,25-26H,10-11,15H2,1H3,(H2,37,38,39,41)/t16-,25-,26+/m1/s1. The Hall–Kier alpha value is -4.01. The molecule has 0 saturated carbocycles. The highest BCUT2D eigenvalue weighted by atomic mass is 19.4. The molecule has 0 amide bonds. The van der Waals surface area contributed by atoms with Crippen molar-refractivity contribution < 1.29 is 40.2 Å². The van der Waals surface area contributed by atoms with Crippen LogP contribution in [0.1, 0.15) is 47.1 Å². The van der Waals surface area contributed by atoms with Crippen LogP contribution in [-0.2, 0) is 28.4 Å². The van der Waals surface area contributed by atoms with Gasteiger partial charge in [-0.2, -0.15) is 31.4 Å². The van der Waals surface area contributed by atoms with E-state index < -0.39 is 47.6 Å². The van der Waals surface area contributed by atoms with E-state index in [9.17, 15) is 35.5 Å². The summed E-state index contributed by atoms with van der Waals surface area (Å²) < 4.78 is 106. The topological polar surface area (TPSA) is 83.2 Å². The molecular weight excluding hydrogens is 585 g/mol. The summed E-state index contributed by atoms with van der Waals surface area (Å²) in [5.74, 6) is -0.0802. The third-order valence-corrected chi connectivity index (χ3v) is 7.06. The normalized spacial score (nSPS) is 19.0. The zero-order valence-corrected chi connectivity index (χ0v) is 22.5. The maximum atomic E-state index is 13.5. The fourth-order valence-electron chi connectivity index (χ4n) is 4.93. The van der Waals surface area contributed by atoms with Crippen molar-refractivity contribution in [3.8, 4) is 11.1 Å². The van der Waals surface area contributed by atoms with Crippen LogP contribution in [0.4, 0.5) is 30.7 Å². The summed E-state index contributed by atoms with van der Waals surface area (Å²) in [6.07, 6.45) is -12.4. The Morgan fingerprint density at radius 2 is 1.53 bits per heavy atom. The molecule has 228 valence electrons. The summed E-state index contributed by atoms with van der Waals surface area (Å²) in [5, 5.41) is 6.22. The predicted octanol–water partition coefficient (Wildman–Crippen LogP) is 6.62. The van der Waals surface area contributed by atoms with Crippen LogP contribution in [0, 0.1) is 5.82 Å². The number of morpholine rings is 1. The van der Waals surface area contributed by atoms with Gasteiger partial charge < -0.3 is 9.47 Å². The number of rotatable bonds is 7. The summed E-state index contributed by atoms with van der Waals surface area (Å²) in [6.45, 7) is 1.93. The van der Waals surface area contributed by atoms with E-state index >= 15 is 0 Å². The van der Waals surface area contributed by atoms with Crippen molar-refractivity contribution in [3.63, 3.8) is 0 Å². The highest BCUT2D eigenvalue weighted by molar-refractivity contribution is 5.63. The number of alkyl halides is 6. The third-order valence-electron chi connectivity index (χ3n) is 7.06. The largest absolute Gasteiger partial charge is 0.416 e. The van der Waals surface area contributed by atoms with Crippen LogP contribution < -0.4 is 5.69 Å². The number of nitrogens with zero attached hydrogens (tertiary/aromatic N) is 2. The average Bonchev–Trinajstić information content (AvgIpc) is 3.37. The lowest BCUT2D eigenvalue weighted by Crippen LogP contribution is -2.46. The first kappa shape index (κ1) is 30.4. The number of nitrogens with one attached hydrogen (secondary N) is 2. The number of ether oxygens (including phenoxy) is 2. The van der Waals surface area contributed by atoms with Crippen molar-refractivity contribution >= 4 is 0 Å². The number of halogens is 7. The molecule has 0 radical (unpaired) electrons. The quantitative estimate of drug-likeness (QED) is 0.230. The summed E-state index contributed by atoms with van der Waals surface area (Å²) in [4.78, 5) is 16.0. The van der Waals surface area contributed by atoms with E-state index in [1.807, 2.05) is 4.90 Å². The number of hydrogen-bond acceptors (Lipinski definition) is 5. The molecule has 3 aromatic carbocycles. The molecule has 0 bridgehead atoms. The van der Waals surface area contributed by atoms with Gasteiger partial charge in [0.1, 0.15) is 11.6 Å². The number of hydrogen-bond donors (Lipinski definition) is 2. The lowest BCUT2D eigenvalue weighted by molar-refractivity contribution is -0.231. The van der Waals surface area contributed by atoms with Gasteiger partial charge in [-0.25, -0.2) is 14.3 Å². The second-order valence-corrected chi connectivity index (χ2v) is 10.0. The van der Waals surface area contributed by atoms with Gasteiger partial charge in [-0.05, 0) is 59.5 Å². The second-order valence-electron chi connectivity index (χ2n) is 10.0. The average molecular weight is 611 g/mol. The minimum Gasteiger partial charge on any atom is -0.349 e. The molecule has 0 spiro atoms. The molecule has 14 heteroatoms. The molecule has 43 heavy (non-hydrogen) atoms. The zero-order valence-electron chi connectivity index (χ0n) is 22.5. The van der Waals surface area contributed by atoms with E-state index in [4.69, 9.17) is 9.47 Å². The molecule has 1 saturated heterocycles. The number of aromatic amines is 2. The smallest absolute Gasteiger partial charge is 0.349 e. The first-order chi connectivity index (χ1) is 20.3. The second kappa shape index (κ2) is 11.9. The first-order valence-corrected chi connectivity index (χ1v) is 13.1. The molecule has 2 N–H and O–H groups in total. The molecule has 1 aromatic heterocycles. The molecular formula is C29H25F7N4O3. The van der Waals surface area contributed by atoms with E-state index in [1.165, 1.54) is 19.1 Å². The van der Waals surface area contributed by atoms with Crippen LogP contribution in [0.25, 0.3) is 11.1 Å². The maximum Gasteiger partial charge on any atom is 0.416 e. The van der Waals surface area contributed by atoms with Gasteiger partial charge in [0, 0.05) is 6.54 Å². The Bertz CT molecular complexity index is 1570. The Balaban J connectivity index is 1.48. The van der Waals surface area contributed by atoms with E-state index in [0.29, 0.717) is 30.1 Å². The number of H-pyrrole nitrogens is 2. The Morgan fingerprint density at radius 3 is 2.07 bits per heavy atom. The molecule has 3 atom stereocenters. The van der Waals surface area contributed by atoms with Crippen molar-refractivity contribution in [1.29, 1.82) is 0 Å². The Labute approximate surface area is 240 Å². The van der Waals surface area contributed by atoms with Crippen molar-refractivity contribution in [2.45, 2.75) is 44.3 Å². The van der Waals surface area contributed by atoms with Gasteiger partial charge in [0.05, 0.1) is 36.4 Å². The summed E-state index contributed by atoms with van der Waals surface area (Å²) in [6, 6.07) is 13.6. The Kier molecular flexibility index (Phi) is 8.45. The van der Waals surface area contributed by atoms with Gasteiger partial charge in [-0.15, -0.1) is 0 Å². The highest BCUT2D eigenvalue weighted by Crippen LogP contribution is 2.40. The van der Waals surface area contributed by atoms with Crippen LogP contribution in [0.5, 0.6) is 0 Å². The fourth-order valence-corrected chi connectivity index (χ4v) is 4.93. The molecule has 1 fully saturated rings. The third kappa shape index (κ3) is 7.14. The van der Waals surface area contributed by atoms with E-state index in [1.54, 1.807) is 36.4 Å². The lowest BCUT2D eigenvalue weighted by Gasteiger charge is -2.41. The van der Waals surface area contributed by atoms with E-state index in [-0.39, 0.29) is 30.6 Å². The van der Waals surface area contributed by atoms with E-state index in [0.717, 1.165) is 11.1 Å². The minimum atomic E-state index is -5.01. The Morgan fingerprint density at radius 1 is 0.953 bits per heavy atom. The van der Waals surface area contributed by atoms with Crippen molar-refractivity contribution in [2.75, 3.05) is 13.2 Å². The minimum absolute atomic E-state index is 0.0607.